The Morgan fingerprint density at radius 3 is 2.69 bits per heavy atom. The van der Waals surface area contributed by atoms with Gasteiger partial charge in [0.05, 0.1) is 5.02 Å². The van der Waals surface area contributed by atoms with Crippen molar-refractivity contribution in [2.24, 2.45) is 11.3 Å². The third-order valence-corrected chi connectivity index (χ3v) is 7.28. The average Bonchev–Trinajstić information content (AvgIpc) is 3.40. The topological polar surface area (TPSA) is 78.0 Å². The third-order valence-electron chi connectivity index (χ3n) is 7.05. The van der Waals surface area contributed by atoms with Gasteiger partial charge < -0.3 is 9.80 Å². The van der Waals surface area contributed by atoms with Crippen LogP contribution in [0.5, 0.6) is 0 Å². The molecule has 7 nitrogen and oxygen atoms in total. The second kappa shape index (κ2) is 7.59. The van der Waals surface area contributed by atoms with Crippen LogP contribution in [0.15, 0.2) is 24.7 Å². The number of aromatic amines is 1. The molecule has 1 aliphatic carbocycles. The predicted octanol–water partition coefficient (Wildman–Crippen LogP) is 3.50. The lowest BCUT2D eigenvalue weighted by atomic mass is 9.65. The highest BCUT2D eigenvalue weighted by Gasteiger charge is 2.48. The van der Waals surface area contributed by atoms with Crippen molar-refractivity contribution in [1.29, 1.82) is 0 Å². The van der Waals surface area contributed by atoms with Gasteiger partial charge in [0.15, 0.2) is 0 Å². The Morgan fingerprint density at radius 2 is 2.00 bits per heavy atom. The van der Waals surface area contributed by atoms with E-state index >= 15 is 0 Å². The maximum Gasteiger partial charge on any atom is 0.320 e. The molecular formula is C21H27ClN6O. The van der Waals surface area contributed by atoms with Gasteiger partial charge in [0, 0.05) is 49.4 Å². The number of rotatable bonds is 3. The van der Waals surface area contributed by atoms with Crippen molar-refractivity contribution in [2.75, 3.05) is 26.2 Å². The van der Waals surface area contributed by atoms with E-state index < -0.39 is 0 Å². The van der Waals surface area contributed by atoms with Gasteiger partial charge in [-0.2, -0.15) is 5.10 Å². The SMILES string of the molecule is O=C(N1CC[C@H](c2ncn[nH]2)C1)N1CC2(CCC(Cc3ccc(Cl)cn3)CC2)C1. The molecule has 3 aliphatic rings. The van der Waals surface area contributed by atoms with Crippen molar-refractivity contribution < 1.29 is 4.79 Å². The number of H-pyrrole nitrogens is 1. The van der Waals surface area contributed by atoms with E-state index in [-0.39, 0.29) is 11.9 Å². The third kappa shape index (κ3) is 3.84. The fourth-order valence-corrected chi connectivity index (χ4v) is 5.41. The molecule has 5 rings (SSSR count). The van der Waals surface area contributed by atoms with Gasteiger partial charge in [-0.25, -0.2) is 9.78 Å². The molecule has 29 heavy (non-hydrogen) atoms. The summed E-state index contributed by atoms with van der Waals surface area (Å²) in [5.41, 5.74) is 1.49. The Kier molecular flexibility index (Phi) is 4.94. The molecule has 2 saturated heterocycles. The number of hydrogen-bond donors (Lipinski definition) is 1. The Labute approximate surface area is 175 Å². The standard InChI is InChI=1S/C21H27ClN6O/c22-17-1-2-18(23-10-17)9-15-3-6-21(7-4-15)12-28(13-21)20(29)27-8-5-16(11-27)19-24-14-25-26-19/h1-2,10,14-16H,3-9,11-13H2,(H,24,25,26)/t16-/m0/s1. The van der Waals surface area contributed by atoms with Crippen LogP contribution >= 0.6 is 11.6 Å². The number of amides is 2. The van der Waals surface area contributed by atoms with Gasteiger partial charge in [-0.05, 0) is 56.6 Å². The number of aromatic nitrogens is 4. The maximum atomic E-state index is 12.9. The first kappa shape index (κ1) is 18.9. The smallest absolute Gasteiger partial charge is 0.320 e. The van der Waals surface area contributed by atoms with E-state index in [4.69, 9.17) is 11.6 Å². The van der Waals surface area contributed by atoms with Crippen molar-refractivity contribution in [3.05, 3.63) is 41.2 Å². The molecule has 0 bridgehead atoms. The van der Waals surface area contributed by atoms with Crippen LogP contribution in [-0.4, -0.2) is 62.2 Å². The Morgan fingerprint density at radius 1 is 1.17 bits per heavy atom. The summed E-state index contributed by atoms with van der Waals surface area (Å²) < 4.78 is 0. The molecule has 1 N–H and O–H groups in total. The number of carbonyl (C=O) groups excluding carboxylic acids is 1. The van der Waals surface area contributed by atoms with Crippen molar-refractivity contribution in [3.8, 4) is 0 Å². The zero-order valence-electron chi connectivity index (χ0n) is 16.6. The van der Waals surface area contributed by atoms with Gasteiger partial charge in [0.2, 0.25) is 0 Å². The highest BCUT2D eigenvalue weighted by atomic mass is 35.5. The van der Waals surface area contributed by atoms with Gasteiger partial charge in [-0.15, -0.1) is 0 Å². The monoisotopic (exact) mass is 414 g/mol. The molecule has 1 spiro atoms. The highest BCUT2D eigenvalue weighted by Crippen LogP contribution is 2.46. The van der Waals surface area contributed by atoms with Crippen molar-refractivity contribution in [2.45, 2.75) is 44.4 Å². The molecule has 8 heteroatoms. The molecule has 1 saturated carbocycles. The van der Waals surface area contributed by atoms with Gasteiger partial charge in [0.25, 0.3) is 0 Å². The maximum absolute atomic E-state index is 12.9. The van der Waals surface area contributed by atoms with Crippen molar-refractivity contribution in [3.63, 3.8) is 0 Å². The number of nitrogens with zero attached hydrogens (tertiary/aromatic N) is 5. The molecule has 4 heterocycles. The first-order valence-electron chi connectivity index (χ1n) is 10.6. The van der Waals surface area contributed by atoms with Crippen LogP contribution in [0.4, 0.5) is 4.79 Å². The van der Waals surface area contributed by atoms with E-state index in [9.17, 15) is 4.79 Å². The minimum absolute atomic E-state index is 0.199. The zero-order chi connectivity index (χ0) is 19.8. The summed E-state index contributed by atoms with van der Waals surface area (Å²) in [6.07, 6.45) is 10.2. The lowest BCUT2D eigenvalue weighted by Crippen LogP contribution is -2.62. The molecule has 2 aliphatic heterocycles. The van der Waals surface area contributed by atoms with Crippen molar-refractivity contribution >= 4 is 17.6 Å². The number of halogens is 1. The summed E-state index contributed by atoms with van der Waals surface area (Å²) in [7, 11) is 0. The van der Waals surface area contributed by atoms with Crippen LogP contribution in [0.1, 0.15) is 49.5 Å². The van der Waals surface area contributed by atoms with Crippen LogP contribution < -0.4 is 0 Å². The van der Waals surface area contributed by atoms with Crippen LogP contribution in [0.3, 0.4) is 0 Å². The first-order valence-corrected chi connectivity index (χ1v) is 11.0. The second-order valence-corrected chi connectivity index (χ2v) is 9.49. The van der Waals surface area contributed by atoms with Gasteiger partial charge in [-0.1, -0.05) is 11.6 Å². The minimum atomic E-state index is 0.199. The van der Waals surface area contributed by atoms with Crippen molar-refractivity contribution in [1.82, 2.24) is 30.0 Å². The van der Waals surface area contributed by atoms with E-state index in [1.54, 1.807) is 12.5 Å². The van der Waals surface area contributed by atoms with Crippen LogP contribution in [-0.2, 0) is 6.42 Å². The molecule has 1 atom stereocenters. The van der Waals surface area contributed by atoms with Crippen LogP contribution in [0.25, 0.3) is 0 Å². The molecule has 0 radical (unpaired) electrons. The summed E-state index contributed by atoms with van der Waals surface area (Å²) in [4.78, 5) is 25.6. The number of hydrogen-bond acceptors (Lipinski definition) is 4. The number of urea groups is 1. The zero-order valence-corrected chi connectivity index (χ0v) is 17.3. The van der Waals surface area contributed by atoms with Gasteiger partial charge >= 0.3 is 6.03 Å². The van der Waals surface area contributed by atoms with E-state index in [2.05, 4.69) is 20.2 Å². The van der Waals surface area contributed by atoms with E-state index in [0.717, 1.165) is 50.5 Å². The molecule has 154 valence electrons. The molecule has 2 aromatic heterocycles. The Balaban J connectivity index is 1.09. The second-order valence-electron chi connectivity index (χ2n) is 9.06. The first-order chi connectivity index (χ1) is 14.1. The molecule has 0 aromatic carbocycles. The molecular weight excluding hydrogens is 388 g/mol. The van der Waals surface area contributed by atoms with Gasteiger partial charge in [-0.3, -0.25) is 10.1 Å². The number of carbonyl (C=O) groups is 1. The average molecular weight is 415 g/mol. The minimum Gasteiger partial charge on any atom is -0.324 e. The summed E-state index contributed by atoms with van der Waals surface area (Å²) in [6, 6.07) is 4.16. The molecule has 2 aromatic rings. The fraction of sp³-hybridized carbons (Fsp3) is 0.619. The predicted molar refractivity (Wildman–Crippen MR) is 110 cm³/mol. The lowest BCUT2D eigenvalue weighted by molar-refractivity contribution is -0.0190. The Bertz CT molecular complexity index is 839. The van der Waals surface area contributed by atoms with E-state index in [0.29, 0.717) is 16.4 Å². The quantitative estimate of drug-likeness (QED) is 0.833. The summed E-state index contributed by atoms with van der Waals surface area (Å²) in [6.45, 7) is 3.39. The number of nitrogens with one attached hydrogen (secondary N) is 1. The normalized spacial score (nSPS) is 24.1. The van der Waals surface area contributed by atoms with E-state index in [1.165, 1.54) is 25.7 Å². The fourth-order valence-electron chi connectivity index (χ4n) is 5.30. The lowest BCUT2D eigenvalue weighted by Gasteiger charge is -2.54. The summed E-state index contributed by atoms with van der Waals surface area (Å²) in [5.74, 6) is 1.88. The number of pyridine rings is 1. The molecule has 2 amide bonds. The molecule has 0 unspecified atom stereocenters. The van der Waals surface area contributed by atoms with Crippen LogP contribution in [0, 0.1) is 11.3 Å². The van der Waals surface area contributed by atoms with Gasteiger partial charge in [0.1, 0.15) is 12.2 Å². The Hall–Kier alpha value is -2.15. The van der Waals surface area contributed by atoms with Crippen LogP contribution in [0.2, 0.25) is 5.02 Å². The highest BCUT2D eigenvalue weighted by molar-refractivity contribution is 6.30. The largest absolute Gasteiger partial charge is 0.324 e. The number of likely N-dealkylation sites (tertiary alicyclic amines) is 2. The summed E-state index contributed by atoms with van der Waals surface area (Å²) >= 11 is 5.93. The summed E-state index contributed by atoms with van der Waals surface area (Å²) in [5, 5.41) is 7.57. The molecule has 3 fully saturated rings. The van der Waals surface area contributed by atoms with E-state index in [1.807, 2.05) is 21.9 Å².